The van der Waals surface area contributed by atoms with Crippen molar-refractivity contribution in [3.63, 3.8) is 0 Å². The first-order valence-corrected chi connectivity index (χ1v) is 13.7. The highest BCUT2D eigenvalue weighted by Crippen LogP contribution is 2.20. The van der Waals surface area contributed by atoms with Gasteiger partial charge in [-0.1, -0.05) is 42.0 Å². The number of nitrogens with zero attached hydrogens (tertiary/aromatic N) is 2. The molecule has 2 aromatic carbocycles. The van der Waals surface area contributed by atoms with Crippen LogP contribution >= 0.6 is 0 Å². The molecular weight excluding hydrogens is 462 g/mol. The van der Waals surface area contributed by atoms with Gasteiger partial charge in [-0.05, 0) is 71.2 Å². The lowest BCUT2D eigenvalue weighted by Crippen LogP contribution is -2.52. The number of anilines is 1. The van der Waals surface area contributed by atoms with Crippen LogP contribution in [-0.2, 0) is 26.2 Å². The third kappa shape index (κ3) is 8.69. The van der Waals surface area contributed by atoms with Crippen LogP contribution in [0.2, 0.25) is 0 Å². The second-order valence-corrected chi connectivity index (χ2v) is 12.0. The minimum absolute atomic E-state index is 0.122. The summed E-state index contributed by atoms with van der Waals surface area (Å²) in [5, 5.41) is 2.95. The van der Waals surface area contributed by atoms with E-state index in [0.29, 0.717) is 18.7 Å². The van der Waals surface area contributed by atoms with Gasteiger partial charge in [-0.2, -0.15) is 0 Å². The van der Waals surface area contributed by atoms with Crippen LogP contribution in [0, 0.1) is 13.8 Å². The molecule has 7 nitrogen and oxygen atoms in total. The molecule has 0 bridgehead atoms. The van der Waals surface area contributed by atoms with Gasteiger partial charge in [0.25, 0.3) is 0 Å². The molecule has 0 aliphatic rings. The molecule has 0 heterocycles. The van der Waals surface area contributed by atoms with Gasteiger partial charge >= 0.3 is 0 Å². The number of amides is 2. The number of sulfonamides is 1. The first kappa shape index (κ1) is 28.4. The Bertz CT molecular complexity index is 1120. The highest BCUT2D eigenvalue weighted by atomic mass is 32.2. The van der Waals surface area contributed by atoms with Crippen LogP contribution < -0.4 is 9.62 Å². The molecule has 0 aliphatic carbocycles. The van der Waals surface area contributed by atoms with Crippen LogP contribution in [0.4, 0.5) is 5.69 Å². The summed E-state index contributed by atoms with van der Waals surface area (Å²) in [7, 11) is -3.51. The van der Waals surface area contributed by atoms with Gasteiger partial charge < -0.3 is 10.2 Å². The number of rotatable bonds is 10. The van der Waals surface area contributed by atoms with Crippen LogP contribution in [0.25, 0.3) is 0 Å². The molecule has 35 heavy (non-hydrogen) atoms. The molecule has 2 amide bonds. The molecule has 8 heteroatoms. The summed E-state index contributed by atoms with van der Waals surface area (Å²) in [6.07, 6.45) is 1.62. The van der Waals surface area contributed by atoms with Gasteiger partial charge in [-0.3, -0.25) is 13.9 Å². The van der Waals surface area contributed by atoms with E-state index in [2.05, 4.69) is 5.32 Å². The molecule has 0 saturated heterocycles. The summed E-state index contributed by atoms with van der Waals surface area (Å²) in [5.41, 5.74) is 3.18. The van der Waals surface area contributed by atoms with Gasteiger partial charge in [0.2, 0.25) is 21.8 Å². The van der Waals surface area contributed by atoms with Gasteiger partial charge in [-0.15, -0.1) is 0 Å². The molecule has 0 fully saturated rings. The molecule has 192 valence electrons. The SMILES string of the molecule is Cc1ccc(N(CCCC(=O)N(Cc2ccccc2C)[C@H](C)C(=O)NC(C)(C)C)S(C)(=O)=O)cc1. The Hall–Kier alpha value is -2.87. The predicted molar refractivity (Wildman–Crippen MR) is 142 cm³/mol. The van der Waals surface area contributed by atoms with E-state index in [1.54, 1.807) is 24.0 Å². The van der Waals surface area contributed by atoms with Gasteiger partial charge in [0, 0.05) is 25.0 Å². The summed E-state index contributed by atoms with van der Waals surface area (Å²) in [6.45, 7) is 11.8. The zero-order valence-corrected chi connectivity index (χ0v) is 22.8. The van der Waals surface area contributed by atoms with Gasteiger partial charge in [-0.25, -0.2) is 8.42 Å². The highest BCUT2D eigenvalue weighted by molar-refractivity contribution is 7.92. The number of hydrogen-bond acceptors (Lipinski definition) is 4. The van der Waals surface area contributed by atoms with E-state index in [4.69, 9.17) is 0 Å². The summed E-state index contributed by atoms with van der Waals surface area (Å²) in [4.78, 5) is 27.9. The third-order valence-electron chi connectivity index (χ3n) is 5.74. The highest BCUT2D eigenvalue weighted by Gasteiger charge is 2.29. The van der Waals surface area contributed by atoms with E-state index in [0.717, 1.165) is 22.9 Å². The van der Waals surface area contributed by atoms with Crippen LogP contribution in [-0.4, -0.2) is 49.5 Å². The van der Waals surface area contributed by atoms with Crippen molar-refractivity contribution >= 4 is 27.5 Å². The summed E-state index contributed by atoms with van der Waals surface area (Å²) < 4.78 is 26.1. The summed E-state index contributed by atoms with van der Waals surface area (Å²) in [5.74, 6) is -0.418. The number of carbonyl (C=O) groups excluding carboxylic acids is 2. The van der Waals surface area contributed by atoms with Crippen LogP contribution in [0.3, 0.4) is 0 Å². The lowest BCUT2D eigenvalue weighted by Gasteiger charge is -2.32. The molecule has 0 radical (unpaired) electrons. The molecule has 1 atom stereocenters. The van der Waals surface area contributed by atoms with Crippen molar-refractivity contribution in [1.82, 2.24) is 10.2 Å². The molecule has 0 aromatic heterocycles. The van der Waals surface area contributed by atoms with Crippen molar-refractivity contribution < 1.29 is 18.0 Å². The smallest absolute Gasteiger partial charge is 0.242 e. The molecule has 0 aliphatic heterocycles. The van der Waals surface area contributed by atoms with Crippen molar-refractivity contribution in [2.24, 2.45) is 0 Å². The van der Waals surface area contributed by atoms with E-state index in [9.17, 15) is 18.0 Å². The summed E-state index contributed by atoms with van der Waals surface area (Å²) in [6, 6.07) is 14.3. The Morgan fingerprint density at radius 3 is 2.14 bits per heavy atom. The fourth-order valence-electron chi connectivity index (χ4n) is 3.74. The first-order chi connectivity index (χ1) is 16.2. The van der Waals surface area contributed by atoms with Crippen molar-refractivity contribution in [3.05, 3.63) is 65.2 Å². The van der Waals surface area contributed by atoms with Crippen molar-refractivity contribution in [1.29, 1.82) is 0 Å². The second kappa shape index (κ2) is 11.7. The van der Waals surface area contributed by atoms with Gasteiger partial charge in [0.15, 0.2) is 0 Å². The van der Waals surface area contributed by atoms with Crippen molar-refractivity contribution in [2.75, 3.05) is 17.1 Å². The summed E-state index contributed by atoms with van der Waals surface area (Å²) >= 11 is 0. The fourth-order valence-corrected chi connectivity index (χ4v) is 4.71. The predicted octanol–water partition coefficient (Wildman–Crippen LogP) is 4.18. The number of carbonyl (C=O) groups is 2. The first-order valence-electron chi connectivity index (χ1n) is 11.9. The molecule has 2 rings (SSSR count). The Kier molecular flexibility index (Phi) is 9.49. The number of aryl methyl sites for hydroxylation is 2. The van der Waals surface area contributed by atoms with Crippen molar-refractivity contribution in [2.45, 2.75) is 72.5 Å². The Balaban J connectivity index is 2.19. The molecule has 0 unspecified atom stereocenters. The zero-order valence-electron chi connectivity index (χ0n) is 22.0. The fraction of sp³-hybridized carbons (Fsp3) is 0.481. The average Bonchev–Trinajstić information content (AvgIpc) is 2.74. The largest absolute Gasteiger partial charge is 0.350 e. The van der Waals surface area contributed by atoms with E-state index >= 15 is 0 Å². The van der Waals surface area contributed by atoms with E-state index < -0.39 is 21.6 Å². The maximum absolute atomic E-state index is 13.4. The average molecular weight is 502 g/mol. The van der Waals surface area contributed by atoms with Gasteiger partial charge in [0.05, 0.1) is 11.9 Å². The molecule has 0 saturated carbocycles. The quantitative estimate of drug-likeness (QED) is 0.529. The number of benzene rings is 2. The molecular formula is C27H39N3O4S. The van der Waals surface area contributed by atoms with E-state index in [1.807, 2.05) is 71.0 Å². The minimum Gasteiger partial charge on any atom is -0.350 e. The third-order valence-corrected chi connectivity index (χ3v) is 6.94. The maximum atomic E-state index is 13.4. The van der Waals surface area contributed by atoms with E-state index in [1.165, 1.54) is 4.31 Å². The minimum atomic E-state index is -3.51. The Morgan fingerprint density at radius 1 is 1.00 bits per heavy atom. The zero-order chi connectivity index (χ0) is 26.4. The second-order valence-electron chi connectivity index (χ2n) is 10.1. The maximum Gasteiger partial charge on any atom is 0.242 e. The van der Waals surface area contributed by atoms with E-state index in [-0.39, 0.29) is 24.8 Å². The Morgan fingerprint density at radius 2 is 1.60 bits per heavy atom. The van der Waals surface area contributed by atoms with Crippen LogP contribution in [0.5, 0.6) is 0 Å². The van der Waals surface area contributed by atoms with Crippen LogP contribution in [0.1, 0.15) is 57.2 Å². The monoisotopic (exact) mass is 501 g/mol. The van der Waals surface area contributed by atoms with Crippen molar-refractivity contribution in [3.8, 4) is 0 Å². The molecule has 0 spiro atoms. The molecule has 1 N–H and O–H groups in total. The number of nitrogens with one attached hydrogen (secondary N) is 1. The standard InChI is InChI=1S/C27H39N3O4S/c1-20-14-16-24(17-15-20)30(35(7,33)34)18-10-13-25(31)29(19-23-12-9-8-11-21(23)2)22(3)26(32)28-27(4,5)6/h8-9,11-12,14-17,22H,10,13,18-19H2,1-7H3,(H,28,32)/t22-/m1/s1. The number of hydrogen-bond donors (Lipinski definition) is 1. The lowest BCUT2D eigenvalue weighted by molar-refractivity contribution is -0.141. The normalized spacial score (nSPS) is 12.7. The van der Waals surface area contributed by atoms with Gasteiger partial charge in [0.1, 0.15) is 6.04 Å². The molecule has 2 aromatic rings. The topological polar surface area (TPSA) is 86.8 Å². The van der Waals surface area contributed by atoms with Crippen LogP contribution in [0.15, 0.2) is 48.5 Å². The lowest BCUT2D eigenvalue weighted by atomic mass is 10.1. The Labute approximate surface area is 210 Å².